The van der Waals surface area contributed by atoms with Gasteiger partial charge in [0, 0.05) is 18.9 Å². The first-order valence-corrected chi connectivity index (χ1v) is 7.22. The SMILES string of the molecule is CC(O)CC(C)CNC(=O)c1cnn2cc(Br)cnc12. The number of carbonyl (C=O) groups is 1. The van der Waals surface area contributed by atoms with Gasteiger partial charge >= 0.3 is 0 Å². The fourth-order valence-corrected chi connectivity index (χ4v) is 2.34. The normalized spacial score (nSPS) is 14.2. The van der Waals surface area contributed by atoms with E-state index >= 15 is 0 Å². The lowest BCUT2D eigenvalue weighted by Gasteiger charge is -2.13. The summed E-state index contributed by atoms with van der Waals surface area (Å²) in [6.45, 7) is 4.24. The highest BCUT2D eigenvalue weighted by atomic mass is 79.9. The van der Waals surface area contributed by atoms with Crippen LogP contribution in [0.1, 0.15) is 30.6 Å². The molecule has 7 heteroatoms. The van der Waals surface area contributed by atoms with E-state index < -0.39 is 0 Å². The zero-order valence-corrected chi connectivity index (χ0v) is 13.0. The minimum atomic E-state index is -0.363. The summed E-state index contributed by atoms with van der Waals surface area (Å²) in [5.41, 5.74) is 0.968. The molecule has 0 saturated heterocycles. The molecular formula is C13H17BrN4O2. The summed E-state index contributed by atoms with van der Waals surface area (Å²) < 4.78 is 2.35. The van der Waals surface area contributed by atoms with Crippen LogP contribution in [0.15, 0.2) is 23.1 Å². The molecule has 0 saturated carbocycles. The maximum absolute atomic E-state index is 12.1. The number of hydrogen-bond donors (Lipinski definition) is 2. The summed E-state index contributed by atoms with van der Waals surface area (Å²) >= 11 is 3.30. The molecule has 2 N–H and O–H groups in total. The molecule has 108 valence electrons. The molecule has 2 rings (SSSR count). The molecule has 1 amide bonds. The van der Waals surface area contributed by atoms with Gasteiger partial charge in [-0.25, -0.2) is 9.50 Å². The Balaban J connectivity index is 2.04. The summed E-state index contributed by atoms with van der Waals surface area (Å²) in [4.78, 5) is 16.3. The molecule has 0 aliphatic heterocycles. The number of aliphatic hydroxyl groups is 1. The van der Waals surface area contributed by atoms with Crippen molar-refractivity contribution < 1.29 is 9.90 Å². The molecule has 2 unspecified atom stereocenters. The first-order valence-electron chi connectivity index (χ1n) is 6.42. The van der Waals surface area contributed by atoms with Crippen LogP contribution in [0.4, 0.5) is 0 Å². The number of nitrogens with one attached hydrogen (secondary N) is 1. The van der Waals surface area contributed by atoms with Gasteiger partial charge in [0.2, 0.25) is 0 Å². The Labute approximate surface area is 125 Å². The van der Waals surface area contributed by atoms with Crippen LogP contribution in [0.2, 0.25) is 0 Å². The molecule has 0 bridgehead atoms. The summed E-state index contributed by atoms with van der Waals surface area (Å²) in [6.07, 6.45) is 5.17. The van der Waals surface area contributed by atoms with E-state index in [0.717, 1.165) is 4.47 Å². The number of aromatic nitrogens is 3. The van der Waals surface area contributed by atoms with E-state index in [1.54, 1.807) is 23.8 Å². The van der Waals surface area contributed by atoms with E-state index in [-0.39, 0.29) is 17.9 Å². The minimum absolute atomic E-state index is 0.202. The molecule has 0 radical (unpaired) electrons. The predicted molar refractivity (Wildman–Crippen MR) is 78.5 cm³/mol. The van der Waals surface area contributed by atoms with Crippen molar-refractivity contribution in [3.63, 3.8) is 0 Å². The number of hydrogen-bond acceptors (Lipinski definition) is 4. The Hall–Kier alpha value is -1.47. The van der Waals surface area contributed by atoms with Crippen LogP contribution in [0.3, 0.4) is 0 Å². The van der Waals surface area contributed by atoms with Gasteiger partial charge in [-0.1, -0.05) is 6.92 Å². The van der Waals surface area contributed by atoms with Crippen molar-refractivity contribution in [2.45, 2.75) is 26.4 Å². The highest BCUT2D eigenvalue weighted by Crippen LogP contribution is 2.12. The smallest absolute Gasteiger partial charge is 0.256 e. The van der Waals surface area contributed by atoms with Gasteiger partial charge in [-0.05, 0) is 35.2 Å². The Morgan fingerprint density at radius 1 is 1.50 bits per heavy atom. The average Bonchev–Trinajstić information content (AvgIpc) is 2.78. The standard InChI is InChI=1S/C13H17BrN4O2/c1-8(3-9(2)19)4-16-13(20)11-6-17-18-7-10(14)5-15-12(11)18/h5-9,19H,3-4H2,1-2H3,(H,16,20). The van der Waals surface area contributed by atoms with Gasteiger partial charge in [-0.2, -0.15) is 5.10 Å². The Morgan fingerprint density at radius 3 is 2.95 bits per heavy atom. The van der Waals surface area contributed by atoms with E-state index in [4.69, 9.17) is 0 Å². The number of halogens is 1. The van der Waals surface area contributed by atoms with Crippen molar-refractivity contribution in [1.82, 2.24) is 19.9 Å². The van der Waals surface area contributed by atoms with Crippen LogP contribution in [-0.2, 0) is 0 Å². The molecule has 0 fully saturated rings. The average molecular weight is 341 g/mol. The van der Waals surface area contributed by atoms with Gasteiger partial charge in [0.15, 0.2) is 5.65 Å². The zero-order chi connectivity index (χ0) is 14.7. The minimum Gasteiger partial charge on any atom is -0.393 e. The largest absolute Gasteiger partial charge is 0.393 e. The molecule has 2 heterocycles. The van der Waals surface area contributed by atoms with E-state index in [2.05, 4.69) is 31.3 Å². The zero-order valence-electron chi connectivity index (χ0n) is 11.4. The van der Waals surface area contributed by atoms with E-state index in [1.165, 1.54) is 6.20 Å². The molecule has 0 aromatic carbocycles. The Morgan fingerprint density at radius 2 is 2.25 bits per heavy atom. The van der Waals surface area contributed by atoms with Crippen LogP contribution >= 0.6 is 15.9 Å². The summed E-state index contributed by atoms with van der Waals surface area (Å²) in [5, 5.41) is 16.2. The molecular weight excluding hydrogens is 324 g/mol. The second-order valence-electron chi connectivity index (χ2n) is 5.00. The van der Waals surface area contributed by atoms with Crippen molar-refractivity contribution >= 4 is 27.5 Å². The van der Waals surface area contributed by atoms with Crippen LogP contribution in [0.25, 0.3) is 5.65 Å². The highest BCUT2D eigenvalue weighted by Gasteiger charge is 2.15. The van der Waals surface area contributed by atoms with Crippen molar-refractivity contribution in [1.29, 1.82) is 0 Å². The first kappa shape index (κ1) is 14.9. The Kier molecular flexibility index (Phi) is 4.72. The number of fused-ring (bicyclic) bond motifs is 1. The van der Waals surface area contributed by atoms with Gasteiger partial charge in [0.25, 0.3) is 5.91 Å². The van der Waals surface area contributed by atoms with Gasteiger partial charge in [0.1, 0.15) is 5.56 Å². The Bertz CT molecular complexity index is 611. The van der Waals surface area contributed by atoms with E-state index in [0.29, 0.717) is 24.2 Å². The lowest BCUT2D eigenvalue weighted by atomic mass is 10.0. The highest BCUT2D eigenvalue weighted by molar-refractivity contribution is 9.10. The molecule has 2 aromatic rings. The molecule has 0 aliphatic rings. The molecule has 0 aliphatic carbocycles. The fourth-order valence-electron chi connectivity index (χ4n) is 2.04. The van der Waals surface area contributed by atoms with Crippen molar-refractivity contribution in [2.75, 3.05) is 6.54 Å². The van der Waals surface area contributed by atoms with Crippen LogP contribution < -0.4 is 5.32 Å². The lowest BCUT2D eigenvalue weighted by molar-refractivity contribution is 0.0941. The third kappa shape index (κ3) is 3.55. The van der Waals surface area contributed by atoms with Crippen molar-refractivity contribution in [3.05, 3.63) is 28.6 Å². The summed E-state index contributed by atoms with van der Waals surface area (Å²) in [6, 6.07) is 0. The number of nitrogens with zero attached hydrogens (tertiary/aromatic N) is 3. The molecule has 0 spiro atoms. The number of aliphatic hydroxyl groups excluding tert-OH is 1. The van der Waals surface area contributed by atoms with Crippen molar-refractivity contribution in [3.8, 4) is 0 Å². The van der Waals surface area contributed by atoms with Gasteiger partial charge in [-0.3, -0.25) is 4.79 Å². The van der Waals surface area contributed by atoms with E-state index in [1.807, 2.05) is 6.92 Å². The number of amides is 1. The first-order chi connectivity index (χ1) is 9.47. The summed E-state index contributed by atoms with van der Waals surface area (Å²) in [5.74, 6) is 0.00941. The topological polar surface area (TPSA) is 79.5 Å². The lowest BCUT2D eigenvalue weighted by Crippen LogP contribution is -2.29. The second kappa shape index (κ2) is 6.32. The molecule has 20 heavy (non-hydrogen) atoms. The maximum Gasteiger partial charge on any atom is 0.256 e. The van der Waals surface area contributed by atoms with Crippen LogP contribution in [0, 0.1) is 5.92 Å². The predicted octanol–water partition coefficient (Wildman–Crippen LogP) is 1.63. The van der Waals surface area contributed by atoms with Crippen LogP contribution in [-0.4, -0.2) is 38.3 Å². The van der Waals surface area contributed by atoms with Gasteiger partial charge < -0.3 is 10.4 Å². The second-order valence-corrected chi connectivity index (χ2v) is 5.91. The molecule has 2 aromatic heterocycles. The fraction of sp³-hybridized carbons (Fsp3) is 0.462. The third-order valence-corrected chi connectivity index (χ3v) is 3.33. The van der Waals surface area contributed by atoms with Gasteiger partial charge in [-0.15, -0.1) is 0 Å². The molecule has 2 atom stereocenters. The van der Waals surface area contributed by atoms with E-state index in [9.17, 15) is 9.90 Å². The molecule has 6 nitrogen and oxygen atoms in total. The third-order valence-electron chi connectivity index (χ3n) is 2.92. The quantitative estimate of drug-likeness (QED) is 0.866. The maximum atomic E-state index is 12.1. The monoisotopic (exact) mass is 340 g/mol. The number of rotatable bonds is 5. The van der Waals surface area contributed by atoms with Gasteiger partial charge in [0.05, 0.1) is 16.8 Å². The van der Waals surface area contributed by atoms with Crippen LogP contribution in [0.5, 0.6) is 0 Å². The van der Waals surface area contributed by atoms with Crippen molar-refractivity contribution in [2.24, 2.45) is 5.92 Å². The summed E-state index contributed by atoms with van der Waals surface area (Å²) in [7, 11) is 0. The number of carbonyl (C=O) groups excluding carboxylic acids is 1.